The molecule has 0 spiro atoms. The van der Waals surface area contributed by atoms with Crippen LogP contribution in [0.15, 0.2) is 34.4 Å². The molecule has 2 rings (SSSR count). The normalized spacial score (nSPS) is 11.9. The fourth-order valence-electron chi connectivity index (χ4n) is 1.81. The van der Waals surface area contributed by atoms with Gasteiger partial charge >= 0.3 is 0 Å². The largest absolute Gasteiger partial charge is 0.253 e. The van der Waals surface area contributed by atoms with E-state index in [1.54, 1.807) is 23.6 Å². The van der Waals surface area contributed by atoms with Gasteiger partial charge in [0, 0.05) is 11.4 Å². The first kappa shape index (κ1) is 15.4. The first-order valence-corrected chi connectivity index (χ1v) is 9.16. The number of sulfonamides is 1. The van der Waals surface area contributed by atoms with Crippen molar-refractivity contribution in [3.63, 3.8) is 0 Å². The Labute approximate surface area is 127 Å². The van der Waals surface area contributed by atoms with Crippen molar-refractivity contribution in [2.75, 3.05) is 6.54 Å². The van der Waals surface area contributed by atoms with E-state index in [2.05, 4.69) is 11.6 Å². The Morgan fingerprint density at radius 1 is 1.45 bits per heavy atom. The second-order valence-electron chi connectivity index (χ2n) is 4.26. The van der Waals surface area contributed by atoms with Crippen LogP contribution in [0.1, 0.15) is 15.6 Å². The summed E-state index contributed by atoms with van der Waals surface area (Å²) in [4.78, 5) is 5.32. The van der Waals surface area contributed by atoms with Crippen molar-refractivity contribution in [2.24, 2.45) is 0 Å². The lowest BCUT2D eigenvalue weighted by Crippen LogP contribution is -2.30. The van der Waals surface area contributed by atoms with E-state index in [-0.39, 0.29) is 6.54 Å². The maximum Gasteiger partial charge on any atom is 0.253 e. The van der Waals surface area contributed by atoms with Crippen LogP contribution in [0.25, 0.3) is 0 Å². The van der Waals surface area contributed by atoms with Crippen LogP contribution in [0.3, 0.4) is 0 Å². The predicted molar refractivity (Wildman–Crippen MR) is 83.7 cm³/mol. The quantitative estimate of drug-likeness (QED) is 0.765. The first-order valence-electron chi connectivity index (χ1n) is 6.02. The molecule has 2 aromatic heterocycles. The SMILES string of the molecule is C=CCN(Cc1sc(C)nc1C)S(=O)(=O)c1cccs1. The molecule has 0 aliphatic carbocycles. The van der Waals surface area contributed by atoms with E-state index >= 15 is 0 Å². The van der Waals surface area contributed by atoms with Gasteiger partial charge in [-0.2, -0.15) is 4.31 Å². The van der Waals surface area contributed by atoms with Gasteiger partial charge in [0.2, 0.25) is 0 Å². The summed E-state index contributed by atoms with van der Waals surface area (Å²) in [7, 11) is -3.47. The Hall–Kier alpha value is -1.02. The van der Waals surface area contributed by atoms with Crippen molar-refractivity contribution in [3.8, 4) is 0 Å². The Bertz CT molecular complexity index is 687. The molecule has 0 bridgehead atoms. The van der Waals surface area contributed by atoms with Crippen molar-refractivity contribution in [2.45, 2.75) is 24.6 Å². The molecular weight excluding hydrogens is 312 g/mol. The Balaban J connectivity index is 2.32. The second-order valence-corrected chi connectivity index (χ2v) is 8.66. The van der Waals surface area contributed by atoms with E-state index < -0.39 is 10.0 Å². The van der Waals surface area contributed by atoms with Gasteiger partial charge in [-0.1, -0.05) is 12.1 Å². The number of hydrogen-bond donors (Lipinski definition) is 0. The summed E-state index contributed by atoms with van der Waals surface area (Å²) in [5.74, 6) is 0. The lowest BCUT2D eigenvalue weighted by atomic mass is 10.4. The summed E-state index contributed by atoms with van der Waals surface area (Å²) in [6.07, 6.45) is 1.61. The number of thiophene rings is 1. The van der Waals surface area contributed by atoms with Gasteiger partial charge in [0.25, 0.3) is 10.0 Å². The van der Waals surface area contributed by atoms with Crippen LogP contribution in [-0.2, 0) is 16.6 Å². The molecule has 7 heteroatoms. The molecule has 0 unspecified atom stereocenters. The van der Waals surface area contributed by atoms with Crippen LogP contribution in [0, 0.1) is 13.8 Å². The summed E-state index contributed by atoms with van der Waals surface area (Å²) >= 11 is 2.76. The molecule has 4 nitrogen and oxygen atoms in total. The summed E-state index contributed by atoms with van der Waals surface area (Å²) in [6, 6.07) is 3.37. The predicted octanol–water partition coefficient (Wildman–Crippen LogP) is 3.20. The van der Waals surface area contributed by atoms with Crippen molar-refractivity contribution < 1.29 is 8.42 Å². The van der Waals surface area contributed by atoms with Crippen molar-refractivity contribution in [1.82, 2.24) is 9.29 Å². The van der Waals surface area contributed by atoms with Crippen LogP contribution >= 0.6 is 22.7 Å². The van der Waals surface area contributed by atoms with Gasteiger partial charge in [-0.3, -0.25) is 0 Å². The Morgan fingerprint density at radius 3 is 2.70 bits per heavy atom. The molecule has 0 N–H and O–H groups in total. The van der Waals surface area contributed by atoms with E-state index in [1.165, 1.54) is 27.0 Å². The smallest absolute Gasteiger partial charge is 0.247 e. The Morgan fingerprint density at radius 2 is 2.20 bits per heavy atom. The van der Waals surface area contributed by atoms with Gasteiger partial charge in [-0.05, 0) is 25.3 Å². The molecule has 108 valence electrons. The maximum absolute atomic E-state index is 12.6. The summed E-state index contributed by atoms with van der Waals surface area (Å²) in [5, 5.41) is 2.71. The van der Waals surface area contributed by atoms with Crippen LogP contribution in [-0.4, -0.2) is 24.3 Å². The minimum atomic E-state index is -3.47. The van der Waals surface area contributed by atoms with Crippen molar-refractivity contribution >= 4 is 32.7 Å². The zero-order chi connectivity index (χ0) is 14.8. The number of rotatable bonds is 6. The lowest BCUT2D eigenvalue weighted by Gasteiger charge is -2.19. The molecular formula is C13H16N2O2S3. The average Bonchev–Trinajstić information content (AvgIpc) is 2.99. The minimum absolute atomic E-state index is 0.288. The topological polar surface area (TPSA) is 50.3 Å². The van der Waals surface area contributed by atoms with Crippen molar-refractivity contribution in [3.05, 3.63) is 45.7 Å². The van der Waals surface area contributed by atoms with Crippen molar-refractivity contribution in [1.29, 1.82) is 0 Å². The number of thiazole rings is 1. The maximum atomic E-state index is 12.6. The van der Waals surface area contributed by atoms with Gasteiger partial charge in [0.05, 0.1) is 17.2 Å². The van der Waals surface area contributed by atoms with Gasteiger partial charge in [0.1, 0.15) is 4.21 Å². The third kappa shape index (κ3) is 3.17. The van der Waals surface area contributed by atoms with Gasteiger partial charge in [-0.15, -0.1) is 29.3 Å². The highest BCUT2D eigenvalue weighted by atomic mass is 32.2. The molecule has 0 amide bonds. The van der Waals surface area contributed by atoms with E-state index in [0.717, 1.165) is 15.6 Å². The molecule has 0 saturated carbocycles. The molecule has 2 aromatic rings. The summed E-state index contributed by atoms with van der Waals surface area (Å²) in [6.45, 7) is 8.10. The second kappa shape index (κ2) is 6.17. The molecule has 2 heterocycles. The molecule has 20 heavy (non-hydrogen) atoms. The monoisotopic (exact) mass is 328 g/mol. The van der Waals surface area contributed by atoms with Gasteiger partial charge < -0.3 is 0 Å². The number of hydrogen-bond acceptors (Lipinski definition) is 5. The fourth-order valence-corrected chi connectivity index (χ4v) is 5.37. The van der Waals surface area contributed by atoms with E-state index in [0.29, 0.717) is 10.8 Å². The number of nitrogens with zero attached hydrogens (tertiary/aromatic N) is 2. The standard InChI is InChI=1S/C13H16N2O2S3/c1-4-7-15(9-12-10(2)14-11(3)19-12)20(16,17)13-6-5-8-18-13/h4-6,8H,1,7,9H2,2-3H3. The van der Waals surface area contributed by atoms with E-state index in [1.807, 2.05) is 13.8 Å². The molecule has 0 aliphatic rings. The molecule has 0 saturated heterocycles. The first-order chi connectivity index (χ1) is 9.45. The zero-order valence-corrected chi connectivity index (χ0v) is 13.8. The van der Waals surface area contributed by atoms with E-state index in [9.17, 15) is 8.42 Å². The Kier molecular flexibility index (Phi) is 4.74. The molecule has 0 radical (unpaired) electrons. The molecule has 0 aliphatic heterocycles. The number of aromatic nitrogens is 1. The third-order valence-corrected chi connectivity index (χ3v) is 6.98. The van der Waals surface area contributed by atoms with Crippen LogP contribution in [0.2, 0.25) is 0 Å². The highest BCUT2D eigenvalue weighted by molar-refractivity contribution is 7.91. The average molecular weight is 328 g/mol. The fraction of sp³-hybridized carbons (Fsp3) is 0.308. The van der Waals surface area contributed by atoms with Crippen LogP contribution < -0.4 is 0 Å². The molecule has 0 atom stereocenters. The molecule has 0 aromatic carbocycles. The van der Waals surface area contributed by atoms with E-state index in [4.69, 9.17) is 0 Å². The van der Waals surface area contributed by atoms with Crippen LogP contribution in [0.4, 0.5) is 0 Å². The lowest BCUT2D eigenvalue weighted by molar-refractivity contribution is 0.442. The van der Waals surface area contributed by atoms with Gasteiger partial charge in [0.15, 0.2) is 0 Å². The van der Waals surface area contributed by atoms with Gasteiger partial charge in [-0.25, -0.2) is 13.4 Å². The highest BCUT2D eigenvalue weighted by Crippen LogP contribution is 2.25. The highest BCUT2D eigenvalue weighted by Gasteiger charge is 2.25. The third-order valence-electron chi connectivity index (χ3n) is 2.74. The summed E-state index contributed by atoms with van der Waals surface area (Å²) in [5.41, 5.74) is 0.892. The molecule has 0 fully saturated rings. The van der Waals surface area contributed by atoms with Crippen LogP contribution in [0.5, 0.6) is 0 Å². The zero-order valence-electron chi connectivity index (χ0n) is 11.4. The summed E-state index contributed by atoms with van der Waals surface area (Å²) < 4.78 is 27.0. The number of aryl methyl sites for hydroxylation is 2. The minimum Gasteiger partial charge on any atom is -0.247 e.